The van der Waals surface area contributed by atoms with Crippen LogP contribution in [-0.4, -0.2) is 15.7 Å². The molecule has 2 aromatic rings. The van der Waals surface area contributed by atoms with Crippen LogP contribution >= 0.6 is 23.4 Å². The molecule has 0 spiro atoms. The van der Waals surface area contributed by atoms with Gasteiger partial charge in [0.25, 0.3) is 0 Å². The number of nitrogens with zero attached hydrogens (tertiary/aromatic N) is 2. The van der Waals surface area contributed by atoms with Gasteiger partial charge in [-0.3, -0.25) is 0 Å². The molecular formula is C16H19ClN2S. The lowest BCUT2D eigenvalue weighted by molar-refractivity contribution is 0.749. The van der Waals surface area contributed by atoms with Crippen LogP contribution in [0.2, 0.25) is 5.15 Å². The standard InChI is InChI=1S/C16H19ClN2S/c1-11(2)9-20-10-14-18-15(12(3)16(17)19-14)13-7-5-4-6-8-13/h4-8,11H,9-10H2,1-3H3. The van der Waals surface area contributed by atoms with Crippen LogP contribution in [0.4, 0.5) is 0 Å². The lowest BCUT2D eigenvalue weighted by Crippen LogP contribution is -2.01. The number of hydrogen-bond donors (Lipinski definition) is 0. The molecule has 1 aromatic carbocycles. The molecular weight excluding hydrogens is 288 g/mol. The maximum absolute atomic E-state index is 6.25. The molecule has 2 rings (SSSR count). The van der Waals surface area contributed by atoms with Crippen molar-refractivity contribution in [1.29, 1.82) is 0 Å². The van der Waals surface area contributed by atoms with Crippen LogP contribution in [0.25, 0.3) is 11.3 Å². The fraction of sp³-hybridized carbons (Fsp3) is 0.375. The molecule has 0 aliphatic rings. The van der Waals surface area contributed by atoms with Crippen molar-refractivity contribution in [1.82, 2.24) is 9.97 Å². The van der Waals surface area contributed by atoms with Crippen LogP contribution in [-0.2, 0) is 5.75 Å². The van der Waals surface area contributed by atoms with Crippen LogP contribution in [0.5, 0.6) is 0 Å². The molecule has 1 heterocycles. The Morgan fingerprint density at radius 3 is 2.50 bits per heavy atom. The third-order valence-corrected chi connectivity index (χ3v) is 4.59. The van der Waals surface area contributed by atoms with Crippen molar-refractivity contribution < 1.29 is 0 Å². The minimum Gasteiger partial charge on any atom is -0.232 e. The van der Waals surface area contributed by atoms with Crippen molar-refractivity contribution in [3.05, 3.63) is 46.9 Å². The van der Waals surface area contributed by atoms with Crippen LogP contribution in [0.15, 0.2) is 30.3 Å². The Kier molecular flexibility index (Phi) is 5.44. The van der Waals surface area contributed by atoms with Crippen molar-refractivity contribution >= 4 is 23.4 Å². The van der Waals surface area contributed by atoms with Gasteiger partial charge in [-0.15, -0.1) is 0 Å². The molecule has 0 fully saturated rings. The van der Waals surface area contributed by atoms with Gasteiger partial charge in [-0.1, -0.05) is 55.8 Å². The predicted molar refractivity (Wildman–Crippen MR) is 88.2 cm³/mol. The maximum Gasteiger partial charge on any atom is 0.140 e. The molecule has 0 aliphatic carbocycles. The van der Waals surface area contributed by atoms with Crippen LogP contribution in [0.3, 0.4) is 0 Å². The minimum atomic E-state index is 0.555. The first-order valence-electron chi connectivity index (χ1n) is 6.74. The molecule has 0 N–H and O–H groups in total. The molecule has 1 aromatic heterocycles. The number of rotatable bonds is 5. The van der Waals surface area contributed by atoms with E-state index in [4.69, 9.17) is 11.6 Å². The van der Waals surface area contributed by atoms with Gasteiger partial charge in [-0.05, 0) is 18.6 Å². The molecule has 20 heavy (non-hydrogen) atoms. The number of aromatic nitrogens is 2. The summed E-state index contributed by atoms with van der Waals surface area (Å²) >= 11 is 8.10. The van der Waals surface area contributed by atoms with Gasteiger partial charge in [-0.2, -0.15) is 11.8 Å². The summed E-state index contributed by atoms with van der Waals surface area (Å²) in [5.74, 6) is 3.40. The smallest absolute Gasteiger partial charge is 0.140 e. The van der Waals surface area contributed by atoms with Gasteiger partial charge in [0.15, 0.2) is 0 Å². The van der Waals surface area contributed by atoms with Gasteiger partial charge >= 0.3 is 0 Å². The highest BCUT2D eigenvalue weighted by Crippen LogP contribution is 2.26. The SMILES string of the molecule is Cc1c(Cl)nc(CSCC(C)C)nc1-c1ccccc1. The Hall–Kier alpha value is -1.06. The van der Waals surface area contributed by atoms with E-state index in [1.54, 1.807) is 0 Å². The van der Waals surface area contributed by atoms with E-state index < -0.39 is 0 Å². The van der Waals surface area contributed by atoms with Crippen LogP contribution in [0, 0.1) is 12.8 Å². The predicted octanol–water partition coefficient (Wildman–Crippen LogP) is 4.99. The van der Waals surface area contributed by atoms with E-state index in [-0.39, 0.29) is 0 Å². The summed E-state index contributed by atoms with van der Waals surface area (Å²) in [6.07, 6.45) is 0. The molecule has 106 valence electrons. The van der Waals surface area contributed by atoms with E-state index in [9.17, 15) is 0 Å². The molecule has 0 saturated heterocycles. The second-order valence-corrected chi connectivity index (χ2v) is 6.57. The largest absolute Gasteiger partial charge is 0.232 e. The summed E-state index contributed by atoms with van der Waals surface area (Å²) in [5, 5.41) is 0.555. The van der Waals surface area contributed by atoms with Crippen molar-refractivity contribution in [2.75, 3.05) is 5.75 Å². The lowest BCUT2D eigenvalue weighted by Gasteiger charge is -2.10. The molecule has 0 unspecified atom stereocenters. The third-order valence-electron chi connectivity index (χ3n) is 2.86. The van der Waals surface area contributed by atoms with Gasteiger partial charge in [0, 0.05) is 11.1 Å². The fourth-order valence-corrected chi connectivity index (χ4v) is 2.95. The maximum atomic E-state index is 6.25. The normalized spacial score (nSPS) is 11.1. The third kappa shape index (κ3) is 3.97. The van der Waals surface area contributed by atoms with Gasteiger partial charge in [0.05, 0.1) is 11.4 Å². The van der Waals surface area contributed by atoms with E-state index in [0.717, 1.165) is 34.2 Å². The van der Waals surface area contributed by atoms with Crippen LogP contribution in [0.1, 0.15) is 25.2 Å². The van der Waals surface area contributed by atoms with E-state index in [2.05, 4.69) is 35.9 Å². The molecule has 0 radical (unpaired) electrons. The summed E-state index contributed by atoms with van der Waals surface area (Å²) in [7, 11) is 0. The molecule has 2 nitrogen and oxygen atoms in total. The minimum absolute atomic E-state index is 0.555. The second-order valence-electron chi connectivity index (χ2n) is 5.18. The first-order valence-corrected chi connectivity index (χ1v) is 8.27. The highest BCUT2D eigenvalue weighted by atomic mass is 35.5. The molecule has 0 saturated carbocycles. The molecule has 4 heteroatoms. The first-order chi connectivity index (χ1) is 9.58. The molecule has 0 bridgehead atoms. The average Bonchev–Trinajstić information content (AvgIpc) is 2.43. The zero-order chi connectivity index (χ0) is 14.5. The summed E-state index contributed by atoms with van der Waals surface area (Å²) in [6, 6.07) is 10.1. The highest BCUT2D eigenvalue weighted by molar-refractivity contribution is 7.98. The Morgan fingerprint density at radius 2 is 1.85 bits per heavy atom. The number of halogens is 1. The van der Waals surface area contributed by atoms with E-state index in [1.807, 2.05) is 36.9 Å². The van der Waals surface area contributed by atoms with Crippen molar-refractivity contribution in [2.24, 2.45) is 5.92 Å². The Bertz CT molecular complexity index is 570. The van der Waals surface area contributed by atoms with E-state index in [1.165, 1.54) is 0 Å². The quantitative estimate of drug-likeness (QED) is 0.727. The zero-order valence-electron chi connectivity index (χ0n) is 12.1. The fourth-order valence-electron chi connectivity index (χ4n) is 1.86. The summed E-state index contributed by atoms with van der Waals surface area (Å²) in [6.45, 7) is 6.40. The summed E-state index contributed by atoms with van der Waals surface area (Å²) in [5.41, 5.74) is 2.96. The summed E-state index contributed by atoms with van der Waals surface area (Å²) in [4.78, 5) is 9.07. The zero-order valence-corrected chi connectivity index (χ0v) is 13.6. The van der Waals surface area contributed by atoms with Gasteiger partial charge in [0.1, 0.15) is 11.0 Å². The first kappa shape index (κ1) is 15.3. The number of benzene rings is 1. The number of thioether (sulfide) groups is 1. The van der Waals surface area contributed by atoms with Crippen LogP contribution < -0.4 is 0 Å². The molecule has 0 amide bonds. The van der Waals surface area contributed by atoms with Gasteiger partial charge in [-0.25, -0.2) is 9.97 Å². The molecule has 0 aliphatic heterocycles. The monoisotopic (exact) mass is 306 g/mol. The van der Waals surface area contributed by atoms with E-state index in [0.29, 0.717) is 11.1 Å². The number of hydrogen-bond acceptors (Lipinski definition) is 3. The second kappa shape index (κ2) is 7.09. The van der Waals surface area contributed by atoms with Gasteiger partial charge < -0.3 is 0 Å². The average molecular weight is 307 g/mol. The Morgan fingerprint density at radius 1 is 1.15 bits per heavy atom. The highest BCUT2D eigenvalue weighted by Gasteiger charge is 2.11. The van der Waals surface area contributed by atoms with E-state index >= 15 is 0 Å². The Labute approximate surface area is 130 Å². The van der Waals surface area contributed by atoms with Crippen molar-refractivity contribution in [2.45, 2.75) is 26.5 Å². The molecule has 0 atom stereocenters. The van der Waals surface area contributed by atoms with Crippen molar-refractivity contribution in [3.8, 4) is 11.3 Å². The van der Waals surface area contributed by atoms with Gasteiger partial charge in [0.2, 0.25) is 0 Å². The summed E-state index contributed by atoms with van der Waals surface area (Å²) < 4.78 is 0. The lowest BCUT2D eigenvalue weighted by atomic mass is 10.1. The topological polar surface area (TPSA) is 25.8 Å². The van der Waals surface area contributed by atoms with Crippen molar-refractivity contribution in [3.63, 3.8) is 0 Å². The Balaban J connectivity index is 2.26.